The van der Waals surface area contributed by atoms with Gasteiger partial charge in [-0.05, 0) is 266 Å². The predicted octanol–water partition coefficient (Wildman–Crippen LogP) is 5.30. The number of hydrogen-bond donors (Lipinski definition) is 10. The van der Waals surface area contributed by atoms with Crippen LogP contribution < -0.4 is 54.9 Å². The summed E-state index contributed by atoms with van der Waals surface area (Å²) < 4.78 is 0. The Kier molecular flexibility index (Phi) is 29.1. The fraction of sp³-hybridized carbons (Fsp3) is 0.613. The SMILES string of the molecule is C=Cc1c2[nH]c(c1C)C=c1[nH]c(c(C)c1C=C)=CC1=N/C(=C\C3=NC(C2)C(C)=C3CCC(=O)NCCCCN(CCCN)CCCCNCCCN)C(CCC(=O)NCCCCN(CCCN)CCCCNCCCN)=C1C. The maximum absolute atomic E-state index is 13.6. The van der Waals surface area contributed by atoms with E-state index in [0.717, 1.165) is 239 Å². The molecular weight excluding hydrogens is 973 g/mol. The van der Waals surface area contributed by atoms with E-state index in [-0.39, 0.29) is 17.9 Å². The first kappa shape index (κ1) is 63.8. The second-order valence-electron chi connectivity index (χ2n) is 21.6. The molecule has 2 aromatic heterocycles. The van der Waals surface area contributed by atoms with Gasteiger partial charge in [-0.2, -0.15) is 0 Å². The number of fused-ring (bicyclic) bond motifs is 6. The minimum Gasteiger partial charge on any atom is -0.358 e. The first-order valence-corrected chi connectivity index (χ1v) is 29.8. The summed E-state index contributed by atoms with van der Waals surface area (Å²) in [6, 6.07) is -0.151. The Morgan fingerprint density at radius 3 is 1.62 bits per heavy atom. The third-order valence-corrected chi connectivity index (χ3v) is 15.7. The highest BCUT2D eigenvalue weighted by atomic mass is 16.2. The third kappa shape index (κ3) is 20.3. The molecule has 14 N–H and O–H groups in total. The highest BCUT2D eigenvalue weighted by Gasteiger charge is 2.29. The van der Waals surface area contributed by atoms with Crippen molar-refractivity contribution in [2.45, 2.75) is 143 Å². The molecule has 5 rings (SSSR count). The third-order valence-electron chi connectivity index (χ3n) is 15.7. The summed E-state index contributed by atoms with van der Waals surface area (Å²) in [6.07, 6.45) is 25.1. The van der Waals surface area contributed by atoms with E-state index >= 15 is 0 Å². The van der Waals surface area contributed by atoms with Gasteiger partial charge >= 0.3 is 0 Å². The van der Waals surface area contributed by atoms with Gasteiger partial charge < -0.3 is 64.0 Å². The Bertz CT molecular complexity index is 2520. The van der Waals surface area contributed by atoms with E-state index in [1.54, 1.807) is 0 Å². The van der Waals surface area contributed by atoms with E-state index in [1.807, 2.05) is 12.2 Å². The maximum atomic E-state index is 13.6. The lowest BCUT2D eigenvalue weighted by Crippen LogP contribution is -2.30. The maximum Gasteiger partial charge on any atom is 0.220 e. The van der Waals surface area contributed by atoms with Crippen molar-refractivity contribution in [1.29, 1.82) is 0 Å². The van der Waals surface area contributed by atoms with Crippen LogP contribution >= 0.6 is 0 Å². The Balaban J connectivity index is 1.29. The van der Waals surface area contributed by atoms with E-state index in [0.29, 0.717) is 58.3 Å². The van der Waals surface area contributed by atoms with Crippen LogP contribution in [0.3, 0.4) is 0 Å². The number of unbranched alkanes of at least 4 members (excludes halogenated alkanes) is 4. The molecule has 0 aromatic carbocycles. The van der Waals surface area contributed by atoms with Gasteiger partial charge in [-0.1, -0.05) is 25.3 Å². The lowest BCUT2D eigenvalue weighted by molar-refractivity contribution is -0.121. The summed E-state index contributed by atoms with van der Waals surface area (Å²) in [5.74, 6) is 0.0738. The fourth-order valence-electron chi connectivity index (χ4n) is 10.9. The lowest BCUT2D eigenvalue weighted by atomic mass is 9.94. The fourth-order valence-corrected chi connectivity index (χ4v) is 10.9. The lowest BCUT2D eigenvalue weighted by Gasteiger charge is -2.22. The van der Waals surface area contributed by atoms with Gasteiger partial charge in [-0.3, -0.25) is 14.6 Å². The van der Waals surface area contributed by atoms with Crippen LogP contribution in [-0.4, -0.2) is 154 Å². The first-order valence-electron chi connectivity index (χ1n) is 29.8. The van der Waals surface area contributed by atoms with Crippen molar-refractivity contribution in [3.05, 3.63) is 91.6 Å². The molecule has 0 spiro atoms. The topological polar surface area (TPSA) is 249 Å². The number of carbonyl (C=O) groups excluding carboxylic acids is 2. The molecule has 8 bridgehead atoms. The number of nitrogens with two attached hydrogens (primary N) is 4. The van der Waals surface area contributed by atoms with E-state index in [9.17, 15) is 9.59 Å². The molecular formula is C62H102N14O2. The molecule has 0 radical (unpaired) electrons. The van der Waals surface area contributed by atoms with Crippen LogP contribution in [0.25, 0.3) is 24.3 Å². The van der Waals surface area contributed by atoms with Crippen molar-refractivity contribution in [2.75, 3.05) is 105 Å². The minimum absolute atomic E-state index is 0.0322. The summed E-state index contributed by atoms with van der Waals surface area (Å²) in [6.45, 7) is 31.2. The second kappa shape index (κ2) is 35.5. The van der Waals surface area contributed by atoms with Crippen molar-refractivity contribution in [1.82, 2.24) is 41.0 Å². The van der Waals surface area contributed by atoms with Crippen molar-refractivity contribution in [2.24, 2.45) is 32.9 Å². The Labute approximate surface area is 468 Å². The van der Waals surface area contributed by atoms with Crippen molar-refractivity contribution in [3.63, 3.8) is 0 Å². The standard InChI is InChI=1S/C62H102N14O2/c1-7-49-45(3)53-41-54-47(5)51(21-23-61(77)69-33-11-15-37-75(39-19-27-65)35-13-9-29-67-31-17-25-63)59(73-54)44-60-52(48(6)56(74-60)43-58-50(8-2)46(4)55(72-58)42-57(49)71-53)22-24-62(78)70-34-12-16-38-76(40-20-28-66)36-14-10-30-68-32-18-26-64/h7-8,41-42,44,56,67-68,71-72H,1-2,9-40,43,63-66H2,3-6H3,(H,69,77)(H,70,78)/b53-41?,57-42?,59-44-. The number of carbonyl (C=O) groups is 2. The summed E-state index contributed by atoms with van der Waals surface area (Å²) in [7, 11) is 0. The quantitative estimate of drug-likeness (QED) is 0.0386. The number of rotatable bonds is 40. The summed E-state index contributed by atoms with van der Waals surface area (Å²) in [4.78, 5) is 50.5. The minimum atomic E-state index is -0.151. The summed E-state index contributed by atoms with van der Waals surface area (Å²) >= 11 is 0. The number of amides is 2. The molecule has 3 aliphatic heterocycles. The van der Waals surface area contributed by atoms with Crippen LogP contribution in [0.5, 0.6) is 0 Å². The van der Waals surface area contributed by atoms with Crippen LogP contribution in [0.1, 0.15) is 150 Å². The number of aromatic amines is 2. The molecule has 1 atom stereocenters. The number of allylic oxidation sites excluding steroid dienone is 4. The molecule has 3 aliphatic rings. The van der Waals surface area contributed by atoms with E-state index < -0.39 is 0 Å². The number of nitrogens with one attached hydrogen (secondary N) is 6. The number of hydrogen-bond acceptors (Lipinski definition) is 12. The molecule has 16 heteroatoms. The highest BCUT2D eigenvalue weighted by Crippen LogP contribution is 2.35. The first-order chi connectivity index (χ1) is 38.0. The van der Waals surface area contributed by atoms with E-state index in [1.165, 1.54) is 0 Å². The van der Waals surface area contributed by atoms with Crippen molar-refractivity contribution >= 4 is 47.5 Å². The largest absolute Gasteiger partial charge is 0.358 e. The predicted molar refractivity (Wildman–Crippen MR) is 329 cm³/mol. The van der Waals surface area contributed by atoms with Gasteiger partial charge in [0.2, 0.25) is 11.8 Å². The number of aliphatic imine (C=N–C) groups is 2. The molecule has 78 heavy (non-hydrogen) atoms. The van der Waals surface area contributed by atoms with E-state index in [2.05, 4.69) is 100 Å². The highest BCUT2D eigenvalue weighted by molar-refractivity contribution is 6.24. The van der Waals surface area contributed by atoms with Gasteiger partial charge in [0.1, 0.15) is 0 Å². The molecule has 0 aliphatic carbocycles. The summed E-state index contributed by atoms with van der Waals surface area (Å²) in [5, 5.41) is 15.3. The van der Waals surface area contributed by atoms with Crippen LogP contribution in [0, 0.1) is 13.8 Å². The van der Waals surface area contributed by atoms with Gasteiger partial charge in [0.25, 0.3) is 0 Å². The van der Waals surface area contributed by atoms with Gasteiger partial charge in [0, 0.05) is 60.0 Å². The molecule has 432 valence electrons. The Morgan fingerprint density at radius 2 is 1.09 bits per heavy atom. The number of nitrogens with zero attached hydrogens (tertiary/aromatic N) is 4. The Morgan fingerprint density at radius 1 is 0.590 bits per heavy atom. The summed E-state index contributed by atoms with van der Waals surface area (Å²) in [5.41, 5.74) is 36.2. The second-order valence-corrected chi connectivity index (χ2v) is 21.6. The molecule has 0 fully saturated rings. The van der Waals surface area contributed by atoms with Crippen LogP contribution in [0.15, 0.2) is 57.2 Å². The molecule has 0 saturated heterocycles. The molecule has 16 nitrogen and oxygen atoms in total. The molecule has 5 heterocycles. The molecule has 0 saturated carbocycles. The molecule has 2 amide bonds. The smallest absolute Gasteiger partial charge is 0.220 e. The zero-order valence-corrected chi connectivity index (χ0v) is 48.6. The van der Waals surface area contributed by atoms with Gasteiger partial charge in [-0.25, -0.2) is 4.99 Å². The van der Waals surface area contributed by atoms with Crippen LogP contribution in [0.4, 0.5) is 0 Å². The number of aromatic nitrogens is 2. The zero-order valence-electron chi connectivity index (χ0n) is 48.6. The molecule has 2 aromatic rings. The van der Waals surface area contributed by atoms with Gasteiger partial charge in [0.15, 0.2) is 0 Å². The van der Waals surface area contributed by atoms with Crippen molar-refractivity contribution in [3.8, 4) is 0 Å². The normalized spacial score (nSPS) is 15.9. The monoisotopic (exact) mass is 1070 g/mol. The van der Waals surface area contributed by atoms with E-state index in [4.69, 9.17) is 32.9 Å². The molecule has 1 unspecified atom stereocenters. The number of H-pyrrole nitrogens is 2. The zero-order chi connectivity index (χ0) is 56.1. The van der Waals surface area contributed by atoms with Crippen molar-refractivity contribution < 1.29 is 9.59 Å². The average Bonchev–Trinajstić information content (AvgIpc) is 4.12. The Hall–Kier alpha value is -5.04. The van der Waals surface area contributed by atoms with Crippen LogP contribution in [0.2, 0.25) is 0 Å². The van der Waals surface area contributed by atoms with Gasteiger partial charge in [0.05, 0.1) is 23.2 Å². The van der Waals surface area contributed by atoms with Gasteiger partial charge in [-0.15, -0.1) is 0 Å². The van der Waals surface area contributed by atoms with Crippen LogP contribution in [-0.2, 0) is 16.0 Å². The average molecular weight is 1080 g/mol.